The van der Waals surface area contributed by atoms with E-state index in [1.165, 1.54) is 0 Å². The lowest BCUT2D eigenvalue weighted by Gasteiger charge is -2.03. The molecule has 0 saturated carbocycles. The van der Waals surface area contributed by atoms with E-state index in [1.807, 2.05) is 6.07 Å². The molecule has 0 fully saturated rings. The van der Waals surface area contributed by atoms with Gasteiger partial charge in [0.05, 0.1) is 17.3 Å². The number of anilines is 1. The minimum atomic E-state index is 0.0928. The minimum Gasteiger partial charge on any atom is -0.368 e. The number of nitrogen functional groups attached to an aromatic ring is 1. The van der Waals surface area contributed by atoms with Crippen molar-refractivity contribution < 1.29 is 0 Å². The van der Waals surface area contributed by atoms with Gasteiger partial charge in [-0.25, -0.2) is 9.97 Å². The van der Waals surface area contributed by atoms with E-state index in [-0.39, 0.29) is 11.1 Å². The Labute approximate surface area is 97.3 Å². The topological polar surface area (TPSA) is 75.6 Å². The molecule has 2 aromatic rings. The molecule has 78 valence electrons. The van der Waals surface area contributed by atoms with Crippen molar-refractivity contribution in [1.82, 2.24) is 9.97 Å². The molecule has 4 nitrogen and oxygen atoms in total. The lowest BCUT2D eigenvalue weighted by molar-refractivity contribution is 1.19. The van der Waals surface area contributed by atoms with E-state index >= 15 is 0 Å². The molecule has 2 N–H and O–H groups in total. The van der Waals surface area contributed by atoms with E-state index in [2.05, 4.69) is 16.0 Å². The molecule has 0 aliphatic carbocycles. The average molecular weight is 231 g/mol. The van der Waals surface area contributed by atoms with Gasteiger partial charge in [0.2, 0.25) is 5.95 Å². The Hall–Kier alpha value is -2.12. The number of nitriles is 1. The van der Waals surface area contributed by atoms with Crippen LogP contribution in [0.3, 0.4) is 0 Å². The third-order valence-electron chi connectivity index (χ3n) is 2.04. The highest BCUT2D eigenvalue weighted by Crippen LogP contribution is 2.23. The summed E-state index contributed by atoms with van der Waals surface area (Å²) in [4.78, 5) is 7.81. The van der Waals surface area contributed by atoms with Crippen LogP contribution < -0.4 is 5.73 Å². The maximum atomic E-state index is 8.96. The van der Waals surface area contributed by atoms with Crippen LogP contribution in [0.5, 0.6) is 0 Å². The Morgan fingerprint density at radius 3 is 2.69 bits per heavy atom. The predicted octanol–water partition coefficient (Wildman–Crippen LogP) is 2.25. The molecule has 0 aliphatic heterocycles. The van der Waals surface area contributed by atoms with Gasteiger partial charge in [-0.05, 0) is 6.07 Å². The molecule has 0 atom stereocenters. The van der Waals surface area contributed by atoms with Gasteiger partial charge in [-0.2, -0.15) is 5.26 Å². The summed E-state index contributed by atoms with van der Waals surface area (Å²) in [6.07, 6.45) is 0. The number of benzene rings is 1. The molecule has 0 amide bonds. The largest absolute Gasteiger partial charge is 0.368 e. The fraction of sp³-hybridized carbons (Fsp3) is 0. The van der Waals surface area contributed by atoms with Crippen LogP contribution in [0.1, 0.15) is 5.56 Å². The fourth-order valence-electron chi connectivity index (χ4n) is 1.38. The zero-order valence-electron chi connectivity index (χ0n) is 8.18. The van der Waals surface area contributed by atoms with Crippen LogP contribution in [0.15, 0.2) is 30.3 Å². The van der Waals surface area contributed by atoms with Gasteiger partial charge in [-0.1, -0.05) is 29.8 Å². The molecule has 0 unspecified atom stereocenters. The van der Waals surface area contributed by atoms with Gasteiger partial charge in [0, 0.05) is 11.6 Å². The van der Waals surface area contributed by atoms with Crippen LogP contribution in [0.4, 0.5) is 5.95 Å². The van der Waals surface area contributed by atoms with Crippen molar-refractivity contribution in [3.8, 4) is 17.3 Å². The Morgan fingerprint density at radius 2 is 2.00 bits per heavy atom. The second kappa shape index (κ2) is 4.17. The summed E-state index contributed by atoms with van der Waals surface area (Å²) in [6.45, 7) is 0. The molecule has 0 bridgehead atoms. The van der Waals surface area contributed by atoms with Crippen molar-refractivity contribution in [3.63, 3.8) is 0 Å². The highest BCUT2D eigenvalue weighted by atomic mass is 35.5. The van der Waals surface area contributed by atoms with Crippen molar-refractivity contribution in [1.29, 1.82) is 5.26 Å². The van der Waals surface area contributed by atoms with Gasteiger partial charge in [0.15, 0.2) is 0 Å². The van der Waals surface area contributed by atoms with Gasteiger partial charge in [-0.3, -0.25) is 0 Å². The summed E-state index contributed by atoms with van der Waals surface area (Å²) in [7, 11) is 0. The van der Waals surface area contributed by atoms with E-state index in [0.29, 0.717) is 16.8 Å². The molecular formula is C11H7ClN4. The van der Waals surface area contributed by atoms with Crippen LogP contribution in [0.25, 0.3) is 11.3 Å². The predicted molar refractivity (Wildman–Crippen MR) is 61.6 cm³/mol. The summed E-state index contributed by atoms with van der Waals surface area (Å²) in [6, 6.07) is 10.8. The molecule has 0 saturated heterocycles. The van der Waals surface area contributed by atoms with Crippen molar-refractivity contribution in [2.75, 3.05) is 5.73 Å². The summed E-state index contributed by atoms with van der Waals surface area (Å²) in [5.74, 6) is 0.0928. The quantitative estimate of drug-likeness (QED) is 0.763. The number of rotatable bonds is 1. The van der Waals surface area contributed by atoms with Gasteiger partial charge < -0.3 is 5.73 Å². The van der Waals surface area contributed by atoms with Gasteiger partial charge >= 0.3 is 0 Å². The van der Waals surface area contributed by atoms with Crippen molar-refractivity contribution in [3.05, 3.63) is 41.0 Å². The smallest absolute Gasteiger partial charge is 0.221 e. The second-order valence-corrected chi connectivity index (χ2v) is 3.48. The first kappa shape index (κ1) is 10.4. The average Bonchev–Trinajstić information content (AvgIpc) is 2.27. The van der Waals surface area contributed by atoms with Crippen LogP contribution in [-0.2, 0) is 0 Å². The third kappa shape index (κ3) is 1.95. The molecule has 0 aliphatic rings. The standard InChI is InChI=1S/C11H7ClN4/c12-10-5-9(15-11(14)16-10)8-4-2-1-3-7(8)6-13/h1-5H,(H2,14,15,16). The molecule has 2 rings (SSSR count). The zero-order chi connectivity index (χ0) is 11.5. The van der Waals surface area contributed by atoms with Crippen molar-refractivity contribution in [2.24, 2.45) is 0 Å². The highest BCUT2D eigenvalue weighted by Gasteiger charge is 2.07. The lowest BCUT2D eigenvalue weighted by Crippen LogP contribution is -1.97. The number of halogens is 1. The van der Waals surface area contributed by atoms with E-state index in [1.54, 1.807) is 24.3 Å². The lowest BCUT2D eigenvalue weighted by atomic mass is 10.1. The second-order valence-electron chi connectivity index (χ2n) is 3.09. The van der Waals surface area contributed by atoms with Crippen molar-refractivity contribution in [2.45, 2.75) is 0 Å². The van der Waals surface area contributed by atoms with Crippen LogP contribution in [0, 0.1) is 11.3 Å². The maximum Gasteiger partial charge on any atom is 0.221 e. The monoisotopic (exact) mass is 230 g/mol. The van der Waals surface area contributed by atoms with Gasteiger partial charge in [0.25, 0.3) is 0 Å². The first-order valence-corrected chi connectivity index (χ1v) is 4.88. The van der Waals surface area contributed by atoms with Crippen molar-refractivity contribution >= 4 is 17.5 Å². The Kier molecular flexibility index (Phi) is 2.71. The van der Waals surface area contributed by atoms with Crippen LogP contribution >= 0.6 is 11.6 Å². The van der Waals surface area contributed by atoms with E-state index in [0.717, 1.165) is 0 Å². The summed E-state index contributed by atoms with van der Waals surface area (Å²) >= 11 is 5.78. The molecule has 1 aromatic heterocycles. The Morgan fingerprint density at radius 1 is 1.25 bits per heavy atom. The van der Waals surface area contributed by atoms with Crippen LogP contribution in [0.2, 0.25) is 5.15 Å². The Balaban J connectivity index is 2.63. The summed E-state index contributed by atoms with van der Waals surface area (Å²) in [5.41, 5.74) is 7.27. The summed E-state index contributed by atoms with van der Waals surface area (Å²) in [5, 5.41) is 9.22. The Bertz CT molecular complexity index is 554. The number of hydrogen-bond acceptors (Lipinski definition) is 4. The number of aromatic nitrogens is 2. The highest BCUT2D eigenvalue weighted by molar-refractivity contribution is 6.29. The minimum absolute atomic E-state index is 0.0928. The van der Waals surface area contributed by atoms with E-state index in [4.69, 9.17) is 22.6 Å². The van der Waals surface area contributed by atoms with E-state index < -0.39 is 0 Å². The molecule has 0 radical (unpaired) electrons. The first-order chi connectivity index (χ1) is 7.70. The first-order valence-electron chi connectivity index (χ1n) is 4.50. The third-order valence-corrected chi connectivity index (χ3v) is 2.23. The van der Waals surface area contributed by atoms with E-state index in [9.17, 15) is 0 Å². The zero-order valence-corrected chi connectivity index (χ0v) is 8.94. The fourth-order valence-corrected chi connectivity index (χ4v) is 1.57. The summed E-state index contributed by atoms with van der Waals surface area (Å²) < 4.78 is 0. The number of hydrogen-bond donors (Lipinski definition) is 1. The SMILES string of the molecule is N#Cc1ccccc1-c1cc(Cl)nc(N)n1. The molecule has 1 aromatic carbocycles. The molecule has 16 heavy (non-hydrogen) atoms. The number of nitrogens with two attached hydrogens (primary N) is 1. The molecule has 1 heterocycles. The van der Waals surface area contributed by atoms with Gasteiger partial charge in [0.1, 0.15) is 5.15 Å². The maximum absolute atomic E-state index is 8.96. The molecule has 0 spiro atoms. The molecule has 5 heteroatoms. The van der Waals surface area contributed by atoms with Gasteiger partial charge in [-0.15, -0.1) is 0 Å². The normalized spacial score (nSPS) is 9.75. The number of nitrogens with zero attached hydrogens (tertiary/aromatic N) is 3. The molecular weight excluding hydrogens is 224 g/mol. The van der Waals surface area contributed by atoms with Crippen LogP contribution in [-0.4, -0.2) is 9.97 Å².